The Morgan fingerprint density at radius 2 is 0.781 bits per heavy atom. The number of unbranched alkanes of at least 4 members (excludes halogenated alkanes) is 12. The SMILES string of the molecule is CC(C)CCCCCCCCCOC(=O)C=CC(=O)OCCCCCCCCCC(C)C. The molecule has 0 amide bonds. The summed E-state index contributed by atoms with van der Waals surface area (Å²) < 4.78 is 10.3. The Hall–Kier alpha value is -1.32. The van der Waals surface area contributed by atoms with Gasteiger partial charge in [0.2, 0.25) is 0 Å². The number of hydrogen-bond donors (Lipinski definition) is 0. The fourth-order valence-corrected chi connectivity index (χ4v) is 3.65. The fraction of sp³-hybridized carbons (Fsp3) is 0.857. The number of esters is 2. The van der Waals surface area contributed by atoms with Crippen molar-refractivity contribution in [2.75, 3.05) is 13.2 Å². The molecule has 0 atom stereocenters. The van der Waals surface area contributed by atoms with Crippen LogP contribution in [0.3, 0.4) is 0 Å². The molecule has 0 unspecified atom stereocenters. The lowest BCUT2D eigenvalue weighted by Gasteiger charge is -2.05. The zero-order chi connectivity index (χ0) is 23.9. The third-order valence-electron chi connectivity index (χ3n) is 5.70. The van der Waals surface area contributed by atoms with Gasteiger partial charge in [-0.05, 0) is 24.7 Å². The average molecular weight is 453 g/mol. The van der Waals surface area contributed by atoms with Crippen LogP contribution in [0, 0.1) is 11.8 Å². The lowest BCUT2D eigenvalue weighted by molar-refractivity contribution is -0.140. The Morgan fingerprint density at radius 3 is 1.09 bits per heavy atom. The van der Waals surface area contributed by atoms with E-state index in [9.17, 15) is 9.59 Å². The summed E-state index contributed by atoms with van der Waals surface area (Å²) in [6.45, 7) is 9.94. The Labute approximate surface area is 198 Å². The molecule has 0 aromatic heterocycles. The van der Waals surface area contributed by atoms with E-state index in [1.807, 2.05) is 0 Å². The van der Waals surface area contributed by atoms with Gasteiger partial charge in [0, 0.05) is 12.2 Å². The lowest BCUT2D eigenvalue weighted by Crippen LogP contribution is -2.06. The molecule has 0 aliphatic rings. The zero-order valence-corrected chi connectivity index (χ0v) is 21.7. The van der Waals surface area contributed by atoms with E-state index in [0.717, 1.165) is 37.5 Å². The van der Waals surface area contributed by atoms with Crippen molar-refractivity contribution in [3.8, 4) is 0 Å². The molecule has 0 radical (unpaired) electrons. The van der Waals surface area contributed by atoms with E-state index in [1.54, 1.807) is 0 Å². The highest BCUT2D eigenvalue weighted by Crippen LogP contribution is 2.13. The lowest BCUT2D eigenvalue weighted by atomic mass is 10.0. The molecule has 0 aromatic rings. The molecule has 0 aromatic carbocycles. The molecule has 188 valence electrons. The molecule has 0 N–H and O–H groups in total. The monoisotopic (exact) mass is 452 g/mol. The predicted molar refractivity (Wildman–Crippen MR) is 135 cm³/mol. The quantitative estimate of drug-likeness (QED) is 0.0943. The Kier molecular flexibility index (Phi) is 21.9. The third kappa shape index (κ3) is 24.9. The van der Waals surface area contributed by atoms with Crippen LogP contribution in [0.1, 0.15) is 130 Å². The van der Waals surface area contributed by atoms with Crippen molar-refractivity contribution in [3.63, 3.8) is 0 Å². The normalized spacial score (nSPS) is 11.6. The van der Waals surface area contributed by atoms with Crippen LogP contribution in [0.15, 0.2) is 12.2 Å². The van der Waals surface area contributed by atoms with Gasteiger partial charge in [-0.25, -0.2) is 9.59 Å². The van der Waals surface area contributed by atoms with Crippen LogP contribution in [0.25, 0.3) is 0 Å². The van der Waals surface area contributed by atoms with E-state index in [-0.39, 0.29) is 0 Å². The fourth-order valence-electron chi connectivity index (χ4n) is 3.65. The molecule has 0 bridgehead atoms. The molecule has 0 spiro atoms. The van der Waals surface area contributed by atoms with Gasteiger partial charge in [-0.15, -0.1) is 0 Å². The molecule has 0 aliphatic heterocycles. The van der Waals surface area contributed by atoms with Crippen LogP contribution in [-0.4, -0.2) is 25.2 Å². The highest BCUT2D eigenvalue weighted by molar-refractivity contribution is 5.91. The van der Waals surface area contributed by atoms with E-state index in [4.69, 9.17) is 9.47 Å². The smallest absolute Gasteiger partial charge is 0.331 e. The topological polar surface area (TPSA) is 52.6 Å². The summed E-state index contributed by atoms with van der Waals surface area (Å²) in [4.78, 5) is 23.3. The second kappa shape index (κ2) is 22.9. The molecule has 0 saturated carbocycles. The van der Waals surface area contributed by atoms with E-state index in [2.05, 4.69) is 27.7 Å². The van der Waals surface area contributed by atoms with Gasteiger partial charge in [-0.2, -0.15) is 0 Å². The molecule has 0 heterocycles. The molecule has 0 fully saturated rings. The summed E-state index contributed by atoms with van der Waals surface area (Å²) in [5.41, 5.74) is 0. The van der Waals surface area contributed by atoms with Crippen LogP contribution in [0.4, 0.5) is 0 Å². The third-order valence-corrected chi connectivity index (χ3v) is 5.70. The maximum Gasteiger partial charge on any atom is 0.331 e. The van der Waals surface area contributed by atoms with Crippen molar-refractivity contribution in [1.82, 2.24) is 0 Å². The standard InChI is InChI=1S/C28H52O4/c1-25(2)19-15-11-7-5-9-13-17-23-31-27(29)21-22-28(30)32-24-18-14-10-6-8-12-16-20-26(3)4/h21-22,25-26H,5-20,23-24H2,1-4H3. The second-order valence-electron chi connectivity index (χ2n) is 9.98. The molecule has 0 saturated heterocycles. The first-order valence-electron chi connectivity index (χ1n) is 13.4. The molecule has 4 heteroatoms. The molecule has 4 nitrogen and oxygen atoms in total. The predicted octanol–water partition coefficient (Wildman–Crippen LogP) is 8.18. The van der Waals surface area contributed by atoms with Gasteiger partial charge in [0.05, 0.1) is 13.2 Å². The number of rotatable bonds is 22. The first-order chi connectivity index (χ1) is 15.4. The molecule has 32 heavy (non-hydrogen) atoms. The van der Waals surface area contributed by atoms with Gasteiger partial charge >= 0.3 is 11.9 Å². The Morgan fingerprint density at radius 1 is 0.500 bits per heavy atom. The Bertz CT molecular complexity index is 426. The van der Waals surface area contributed by atoms with Crippen molar-refractivity contribution in [3.05, 3.63) is 12.2 Å². The first-order valence-corrected chi connectivity index (χ1v) is 13.4. The maximum atomic E-state index is 11.7. The van der Waals surface area contributed by atoms with Gasteiger partial charge < -0.3 is 9.47 Å². The molecule has 0 aliphatic carbocycles. The summed E-state index contributed by atoms with van der Waals surface area (Å²) in [6.07, 6.45) is 21.8. The zero-order valence-electron chi connectivity index (χ0n) is 21.7. The van der Waals surface area contributed by atoms with Gasteiger partial charge in [-0.1, -0.05) is 118 Å². The van der Waals surface area contributed by atoms with Crippen LogP contribution < -0.4 is 0 Å². The molecule has 0 rings (SSSR count). The van der Waals surface area contributed by atoms with Gasteiger partial charge in [0.1, 0.15) is 0 Å². The summed E-state index contributed by atoms with van der Waals surface area (Å²) in [5, 5.41) is 0. The van der Waals surface area contributed by atoms with E-state index in [1.165, 1.54) is 89.2 Å². The minimum absolute atomic E-state index is 0.420. The summed E-state index contributed by atoms with van der Waals surface area (Å²) >= 11 is 0. The van der Waals surface area contributed by atoms with Crippen molar-refractivity contribution in [2.24, 2.45) is 11.8 Å². The van der Waals surface area contributed by atoms with Crippen molar-refractivity contribution in [2.45, 2.75) is 130 Å². The van der Waals surface area contributed by atoms with E-state index in [0.29, 0.717) is 13.2 Å². The van der Waals surface area contributed by atoms with Crippen molar-refractivity contribution < 1.29 is 19.1 Å². The van der Waals surface area contributed by atoms with Gasteiger partial charge in [0.25, 0.3) is 0 Å². The van der Waals surface area contributed by atoms with Crippen LogP contribution in [-0.2, 0) is 19.1 Å². The van der Waals surface area contributed by atoms with Gasteiger partial charge in [-0.3, -0.25) is 0 Å². The number of carbonyl (C=O) groups excluding carboxylic acids is 2. The highest BCUT2D eigenvalue weighted by atomic mass is 16.5. The average Bonchev–Trinajstić information content (AvgIpc) is 2.74. The number of hydrogen-bond acceptors (Lipinski definition) is 4. The van der Waals surface area contributed by atoms with Crippen LogP contribution in [0.5, 0.6) is 0 Å². The van der Waals surface area contributed by atoms with E-state index >= 15 is 0 Å². The van der Waals surface area contributed by atoms with E-state index < -0.39 is 11.9 Å². The van der Waals surface area contributed by atoms with Crippen molar-refractivity contribution in [1.29, 1.82) is 0 Å². The first kappa shape index (κ1) is 30.7. The minimum Gasteiger partial charge on any atom is -0.463 e. The molecular formula is C28H52O4. The summed E-state index contributed by atoms with van der Waals surface area (Å²) in [6, 6.07) is 0. The highest BCUT2D eigenvalue weighted by Gasteiger charge is 2.02. The number of ether oxygens (including phenoxy) is 2. The summed E-state index contributed by atoms with van der Waals surface area (Å²) in [5.74, 6) is 0.690. The molecular weight excluding hydrogens is 400 g/mol. The minimum atomic E-state index is -0.465. The van der Waals surface area contributed by atoms with Gasteiger partial charge in [0.15, 0.2) is 0 Å². The van der Waals surface area contributed by atoms with Crippen LogP contribution >= 0.6 is 0 Å². The van der Waals surface area contributed by atoms with Crippen molar-refractivity contribution >= 4 is 11.9 Å². The largest absolute Gasteiger partial charge is 0.463 e. The maximum absolute atomic E-state index is 11.7. The number of carbonyl (C=O) groups is 2. The summed E-state index contributed by atoms with van der Waals surface area (Å²) in [7, 11) is 0. The second-order valence-corrected chi connectivity index (χ2v) is 9.98. The Balaban J connectivity index is 3.43. The van der Waals surface area contributed by atoms with Crippen LogP contribution in [0.2, 0.25) is 0 Å².